The van der Waals surface area contributed by atoms with Crippen molar-refractivity contribution in [1.29, 1.82) is 0 Å². The third kappa shape index (κ3) is 2.55. The van der Waals surface area contributed by atoms with Crippen LogP contribution in [0.2, 0.25) is 0 Å². The van der Waals surface area contributed by atoms with Crippen LogP contribution in [0.15, 0.2) is 18.2 Å². The largest absolute Gasteiger partial charge is 0.483 e. The molecule has 74 valence electrons. The van der Waals surface area contributed by atoms with E-state index >= 15 is 0 Å². The monoisotopic (exact) mass is 197 g/mol. The van der Waals surface area contributed by atoms with Crippen molar-refractivity contribution in [2.45, 2.75) is 0 Å². The summed E-state index contributed by atoms with van der Waals surface area (Å²) >= 11 is 0. The van der Waals surface area contributed by atoms with Gasteiger partial charge in [0.1, 0.15) is 11.6 Å². The lowest BCUT2D eigenvalue weighted by molar-refractivity contribution is -0.119. The summed E-state index contributed by atoms with van der Waals surface area (Å²) < 4.78 is 17.5. The van der Waals surface area contributed by atoms with Crippen LogP contribution in [0.25, 0.3) is 0 Å². The minimum Gasteiger partial charge on any atom is -0.483 e. The second kappa shape index (κ2) is 4.36. The highest BCUT2D eigenvalue weighted by Crippen LogP contribution is 2.17. The Bertz CT molecular complexity index is 365. The molecule has 0 aliphatic rings. The minimum atomic E-state index is -0.661. The van der Waals surface area contributed by atoms with Crippen LogP contribution in [-0.2, 0) is 4.79 Å². The topological polar surface area (TPSA) is 69.4 Å². The number of amides is 1. The van der Waals surface area contributed by atoms with Crippen molar-refractivity contribution in [3.8, 4) is 5.75 Å². The third-order valence-electron chi connectivity index (χ3n) is 1.47. The molecule has 5 heteroatoms. The van der Waals surface area contributed by atoms with Crippen LogP contribution in [0.1, 0.15) is 10.4 Å². The summed E-state index contributed by atoms with van der Waals surface area (Å²) in [6, 6.07) is 3.41. The number of ether oxygens (including phenoxy) is 1. The quantitative estimate of drug-likeness (QED) is 0.714. The lowest BCUT2D eigenvalue weighted by Crippen LogP contribution is -2.20. The summed E-state index contributed by atoms with van der Waals surface area (Å²) in [5.74, 6) is -1.06. The minimum absolute atomic E-state index is 0.0475. The molecule has 0 saturated carbocycles. The molecule has 1 rings (SSSR count). The molecule has 0 aliphatic carbocycles. The van der Waals surface area contributed by atoms with E-state index in [9.17, 15) is 14.0 Å². The van der Waals surface area contributed by atoms with Gasteiger partial charge in [-0.3, -0.25) is 9.59 Å². The first-order valence-corrected chi connectivity index (χ1v) is 3.79. The van der Waals surface area contributed by atoms with Crippen molar-refractivity contribution in [1.82, 2.24) is 0 Å². The Morgan fingerprint density at radius 1 is 1.57 bits per heavy atom. The summed E-state index contributed by atoms with van der Waals surface area (Å²) in [6.07, 6.45) is 0.444. The zero-order chi connectivity index (χ0) is 10.6. The van der Waals surface area contributed by atoms with Gasteiger partial charge >= 0.3 is 0 Å². The summed E-state index contributed by atoms with van der Waals surface area (Å²) in [4.78, 5) is 20.8. The van der Waals surface area contributed by atoms with Crippen molar-refractivity contribution in [3.63, 3.8) is 0 Å². The van der Waals surface area contributed by atoms with E-state index in [1.54, 1.807) is 0 Å². The van der Waals surface area contributed by atoms with Crippen molar-refractivity contribution >= 4 is 12.2 Å². The molecule has 14 heavy (non-hydrogen) atoms. The lowest BCUT2D eigenvalue weighted by atomic mass is 10.2. The SMILES string of the molecule is NC(=O)COc1ccc(F)cc1C=O. The smallest absolute Gasteiger partial charge is 0.255 e. The van der Waals surface area contributed by atoms with E-state index in [1.807, 2.05) is 0 Å². The molecule has 0 aromatic heterocycles. The molecular formula is C9H8FNO3. The van der Waals surface area contributed by atoms with Crippen molar-refractivity contribution < 1.29 is 18.7 Å². The average molecular weight is 197 g/mol. The molecule has 1 aromatic carbocycles. The maximum absolute atomic E-state index is 12.6. The van der Waals surface area contributed by atoms with Gasteiger partial charge in [-0.15, -0.1) is 0 Å². The van der Waals surface area contributed by atoms with Crippen molar-refractivity contribution in [2.75, 3.05) is 6.61 Å². The summed E-state index contributed by atoms with van der Waals surface area (Å²) in [5.41, 5.74) is 4.88. The number of nitrogens with two attached hydrogens (primary N) is 1. The third-order valence-corrected chi connectivity index (χ3v) is 1.47. The summed E-state index contributed by atoms with van der Waals surface area (Å²) in [6.45, 7) is -0.341. The normalized spacial score (nSPS) is 9.50. The maximum atomic E-state index is 12.6. The fourth-order valence-corrected chi connectivity index (χ4v) is 0.892. The van der Waals surface area contributed by atoms with Gasteiger partial charge in [-0.1, -0.05) is 0 Å². The molecule has 0 unspecified atom stereocenters. The van der Waals surface area contributed by atoms with E-state index in [0.29, 0.717) is 6.29 Å². The van der Waals surface area contributed by atoms with E-state index in [0.717, 1.165) is 12.1 Å². The molecule has 0 heterocycles. The van der Waals surface area contributed by atoms with Crippen LogP contribution < -0.4 is 10.5 Å². The predicted molar refractivity (Wildman–Crippen MR) is 46.5 cm³/mol. The molecule has 0 radical (unpaired) electrons. The second-order valence-electron chi connectivity index (χ2n) is 2.55. The molecule has 1 amide bonds. The van der Waals surface area contributed by atoms with Gasteiger partial charge in [0.25, 0.3) is 5.91 Å². The maximum Gasteiger partial charge on any atom is 0.255 e. The predicted octanol–water partition coefficient (Wildman–Crippen LogP) is 0.502. The molecule has 0 fully saturated rings. The first-order chi connectivity index (χ1) is 6.63. The van der Waals surface area contributed by atoms with E-state index in [4.69, 9.17) is 10.5 Å². The van der Waals surface area contributed by atoms with Crippen LogP contribution in [0, 0.1) is 5.82 Å². The highest BCUT2D eigenvalue weighted by molar-refractivity contribution is 5.80. The van der Waals surface area contributed by atoms with Crippen LogP contribution in [-0.4, -0.2) is 18.8 Å². The fraction of sp³-hybridized carbons (Fsp3) is 0.111. The molecule has 2 N–H and O–H groups in total. The molecule has 0 saturated heterocycles. The highest BCUT2D eigenvalue weighted by atomic mass is 19.1. The summed E-state index contributed by atoms with van der Waals surface area (Å²) in [5, 5.41) is 0. The fourth-order valence-electron chi connectivity index (χ4n) is 0.892. The number of hydrogen-bond acceptors (Lipinski definition) is 3. The number of halogens is 1. The number of carbonyl (C=O) groups is 2. The van der Waals surface area contributed by atoms with Crippen molar-refractivity contribution in [3.05, 3.63) is 29.6 Å². The van der Waals surface area contributed by atoms with Gasteiger partial charge in [0.05, 0.1) is 5.56 Å². The van der Waals surface area contributed by atoms with Crippen LogP contribution in [0.5, 0.6) is 5.75 Å². The molecule has 0 bridgehead atoms. The molecular weight excluding hydrogens is 189 g/mol. The molecule has 4 nitrogen and oxygen atoms in total. The lowest BCUT2D eigenvalue weighted by Gasteiger charge is -2.05. The van der Waals surface area contributed by atoms with Crippen LogP contribution in [0.4, 0.5) is 4.39 Å². The standard InChI is InChI=1S/C9H8FNO3/c10-7-1-2-8(6(3-7)4-12)14-5-9(11)13/h1-4H,5H2,(H2,11,13). The summed E-state index contributed by atoms with van der Waals surface area (Å²) in [7, 11) is 0. The Labute approximate surface area is 79.5 Å². The van der Waals surface area contributed by atoms with E-state index in [2.05, 4.69) is 0 Å². The number of rotatable bonds is 4. The van der Waals surface area contributed by atoms with Gasteiger partial charge in [-0.25, -0.2) is 4.39 Å². The van der Waals surface area contributed by atoms with Gasteiger partial charge in [-0.2, -0.15) is 0 Å². The van der Waals surface area contributed by atoms with Gasteiger partial charge in [-0.05, 0) is 18.2 Å². The number of aldehydes is 1. The second-order valence-corrected chi connectivity index (χ2v) is 2.55. The highest BCUT2D eigenvalue weighted by Gasteiger charge is 2.05. The van der Waals surface area contributed by atoms with Gasteiger partial charge in [0.2, 0.25) is 0 Å². The Balaban J connectivity index is 2.85. The zero-order valence-corrected chi connectivity index (χ0v) is 7.20. The average Bonchev–Trinajstić information content (AvgIpc) is 2.15. The first-order valence-electron chi connectivity index (χ1n) is 3.79. The molecule has 0 aliphatic heterocycles. The zero-order valence-electron chi connectivity index (χ0n) is 7.20. The van der Waals surface area contributed by atoms with E-state index < -0.39 is 11.7 Å². The number of primary amides is 1. The first kappa shape index (κ1) is 10.2. The molecule has 0 spiro atoms. The molecule has 0 atom stereocenters. The van der Waals surface area contributed by atoms with Crippen LogP contribution in [0.3, 0.4) is 0 Å². The van der Waals surface area contributed by atoms with Gasteiger partial charge in [0.15, 0.2) is 12.9 Å². The Morgan fingerprint density at radius 2 is 2.29 bits per heavy atom. The van der Waals surface area contributed by atoms with E-state index in [1.165, 1.54) is 6.07 Å². The van der Waals surface area contributed by atoms with Crippen LogP contribution >= 0.6 is 0 Å². The van der Waals surface area contributed by atoms with Gasteiger partial charge < -0.3 is 10.5 Å². The Morgan fingerprint density at radius 3 is 2.86 bits per heavy atom. The Kier molecular flexibility index (Phi) is 3.17. The number of benzene rings is 1. The van der Waals surface area contributed by atoms with Crippen molar-refractivity contribution in [2.24, 2.45) is 5.73 Å². The van der Waals surface area contributed by atoms with E-state index in [-0.39, 0.29) is 17.9 Å². The Hall–Kier alpha value is -1.91. The number of hydrogen-bond donors (Lipinski definition) is 1. The number of carbonyl (C=O) groups excluding carboxylic acids is 2. The molecule has 1 aromatic rings. The van der Waals surface area contributed by atoms with Gasteiger partial charge in [0, 0.05) is 0 Å².